The van der Waals surface area contributed by atoms with Crippen LogP contribution in [0.1, 0.15) is 51.9 Å². The van der Waals surface area contributed by atoms with E-state index in [1.54, 1.807) is 0 Å². The zero-order valence-corrected chi connectivity index (χ0v) is 12.6. The van der Waals surface area contributed by atoms with Crippen molar-refractivity contribution in [3.8, 4) is 0 Å². The number of aliphatic hydroxyl groups excluding tert-OH is 1. The largest absolute Gasteiger partial charge is 0.391 e. The quantitative estimate of drug-likeness (QED) is 0.732. The molecule has 0 aromatic carbocycles. The average molecular weight is 283 g/mol. The van der Waals surface area contributed by atoms with Crippen molar-refractivity contribution in [2.24, 2.45) is 0 Å². The Balaban J connectivity index is 1.67. The predicted octanol–water partition coefficient (Wildman–Crippen LogP) is 1.46. The fourth-order valence-electron chi connectivity index (χ4n) is 3.29. The minimum Gasteiger partial charge on any atom is -0.391 e. The molecule has 1 heterocycles. The molecule has 2 aliphatic rings. The maximum Gasteiger partial charge on any atom is 0.315 e. The van der Waals surface area contributed by atoms with Gasteiger partial charge in [0.15, 0.2) is 0 Å². The summed E-state index contributed by atoms with van der Waals surface area (Å²) in [5, 5.41) is 15.9. The third kappa shape index (κ3) is 4.63. The first-order chi connectivity index (χ1) is 9.69. The van der Waals surface area contributed by atoms with E-state index in [-0.39, 0.29) is 24.2 Å². The number of hydrogen-bond donors (Lipinski definition) is 3. The summed E-state index contributed by atoms with van der Waals surface area (Å²) in [6.07, 6.45) is 6.73. The van der Waals surface area contributed by atoms with Gasteiger partial charge >= 0.3 is 6.03 Å². The standard InChI is InChI=1S/C15H29N3O2/c1-2-9-18-10-7-12(8-11-18)16-15(20)17-13-5-3-4-6-14(13)19/h12-14,19H,2-11H2,1H3,(H2,16,17,20)/t13-,14-/m0/s1. The zero-order valence-electron chi connectivity index (χ0n) is 12.6. The van der Waals surface area contributed by atoms with Crippen molar-refractivity contribution in [1.29, 1.82) is 0 Å². The molecular formula is C15H29N3O2. The van der Waals surface area contributed by atoms with Gasteiger partial charge in [-0.1, -0.05) is 19.8 Å². The topological polar surface area (TPSA) is 64.6 Å². The van der Waals surface area contributed by atoms with Crippen LogP contribution >= 0.6 is 0 Å². The molecule has 0 radical (unpaired) electrons. The number of rotatable bonds is 4. The second-order valence-electron chi connectivity index (χ2n) is 6.19. The number of carbonyl (C=O) groups is 1. The van der Waals surface area contributed by atoms with Crippen molar-refractivity contribution >= 4 is 6.03 Å². The van der Waals surface area contributed by atoms with Gasteiger partial charge in [0.1, 0.15) is 0 Å². The highest BCUT2D eigenvalue weighted by Gasteiger charge is 2.26. The second kappa shape index (κ2) is 7.84. The first-order valence-corrected chi connectivity index (χ1v) is 8.16. The Morgan fingerprint density at radius 3 is 2.50 bits per heavy atom. The summed E-state index contributed by atoms with van der Waals surface area (Å²) in [6.45, 7) is 5.51. The van der Waals surface area contributed by atoms with Gasteiger partial charge in [0.05, 0.1) is 12.1 Å². The molecule has 1 saturated carbocycles. The van der Waals surface area contributed by atoms with Crippen molar-refractivity contribution in [2.75, 3.05) is 19.6 Å². The van der Waals surface area contributed by atoms with Gasteiger partial charge in [-0.05, 0) is 38.6 Å². The van der Waals surface area contributed by atoms with E-state index in [1.165, 1.54) is 6.42 Å². The molecule has 0 bridgehead atoms. The highest BCUT2D eigenvalue weighted by atomic mass is 16.3. The van der Waals surface area contributed by atoms with Gasteiger partial charge in [-0.2, -0.15) is 0 Å². The van der Waals surface area contributed by atoms with Crippen molar-refractivity contribution in [1.82, 2.24) is 15.5 Å². The minimum absolute atomic E-state index is 0.0658. The van der Waals surface area contributed by atoms with Crippen LogP contribution in [0, 0.1) is 0 Å². The molecule has 2 atom stereocenters. The van der Waals surface area contributed by atoms with Crippen molar-refractivity contribution < 1.29 is 9.90 Å². The zero-order chi connectivity index (χ0) is 14.4. The third-order valence-electron chi connectivity index (χ3n) is 4.51. The van der Waals surface area contributed by atoms with Crippen molar-refractivity contribution in [2.45, 2.75) is 70.1 Å². The molecule has 3 N–H and O–H groups in total. The summed E-state index contributed by atoms with van der Waals surface area (Å²) >= 11 is 0. The van der Waals surface area contributed by atoms with E-state index in [9.17, 15) is 9.90 Å². The number of hydrogen-bond acceptors (Lipinski definition) is 3. The summed E-state index contributed by atoms with van der Waals surface area (Å²) < 4.78 is 0. The highest BCUT2D eigenvalue weighted by molar-refractivity contribution is 5.74. The van der Waals surface area contributed by atoms with Crippen LogP contribution in [0.2, 0.25) is 0 Å². The van der Waals surface area contributed by atoms with Crippen LogP contribution < -0.4 is 10.6 Å². The summed E-state index contributed by atoms with van der Waals surface area (Å²) in [5.41, 5.74) is 0. The molecule has 5 nitrogen and oxygen atoms in total. The van der Waals surface area contributed by atoms with Crippen molar-refractivity contribution in [3.05, 3.63) is 0 Å². The molecule has 2 amide bonds. The van der Waals surface area contributed by atoms with E-state index in [4.69, 9.17) is 0 Å². The molecule has 5 heteroatoms. The van der Waals surface area contributed by atoms with Gasteiger partial charge in [-0.3, -0.25) is 0 Å². The number of likely N-dealkylation sites (tertiary alicyclic amines) is 1. The van der Waals surface area contributed by atoms with E-state index in [0.717, 1.165) is 58.2 Å². The SMILES string of the molecule is CCCN1CCC(NC(=O)N[C@H]2CCCC[C@@H]2O)CC1. The summed E-state index contributed by atoms with van der Waals surface area (Å²) in [7, 11) is 0. The molecule has 0 spiro atoms. The maximum absolute atomic E-state index is 12.0. The lowest BCUT2D eigenvalue weighted by molar-refractivity contribution is 0.0935. The summed E-state index contributed by atoms with van der Waals surface area (Å²) in [4.78, 5) is 14.4. The molecule has 1 aliphatic heterocycles. The molecule has 116 valence electrons. The van der Waals surface area contributed by atoms with Gasteiger partial charge in [-0.25, -0.2) is 4.79 Å². The van der Waals surface area contributed by atoms with Crippen LogP contribution in [0.25, 0.3) is 0 Å². The van der Waals surface area contributed by atoms with Crippen LogP contribution in [0.5, 0.6) is 0 Å². The number of nitrogens with zero attached hydrogens (tertiary/aromatic N) is 1. The Hall–Kier alpha value is -0.810. The monoisotopic (exact) mass is 283 g/mol. The number of aliphatic hydroxyl groups is 1. The molecule has 2 rings (SSSR count). The van der Waals surface area contributed by atoms with Gasteiger partial charge in [0.2, 0.25) is 0 Å². The van der Waals surface area contributed by atoms with E-state index < -0.39 is 0 Å². The smallest absolute Gasteiger partial charge is 0.315 e. The van der Waals surface area contributed by atoms with Gasteiger partial charge < -0.3 is 20.6 Å². The Bertz CT molecular complexity index is 303. The molecule has 0 aromatic rings. The van der Waals surface area contributed by atoms with Crippen LogP contribution in [0.15, 0.2) is 0 Å². The number of amides is 2. The Labute approximate surface area is 122 Å². The number of piperidine rings is 1. The molecule has 0 aromatic heterocycles. The fraction of sp³-hybridized carbons (Fsp3) is 0.933. The normalized spacial score (nSPS) is 29.1. The van der Waals surface area contributed by atoms with Gasteiger partial charge in [-0.15, -0.1) is 0 Å². The predicted molar refractivity (Wildman–Crippen MR) is 79.7 cm³/mol. The first-order valence-electron chi connectivity index (χ1n) is 8.16. The molecule has 20 heavy (non-hydrogen) atoms. The fourth-order valence-corrected chi connectivity index (χ4v) is 3.29. The molecule has 0 unspecified atom stereocenters. The van der Waals surface area contributed by atoms with Crippen LogP contribution in [0.3, 0.4) is 0 Å². The minimum atomic E-state index is -0.374. The lowest BCUT2D eigenvalue weighted by Crippen LogP contribution is -2.53. The van der Waals surface area contributed by atoms with Crippen LogP contribution in [0.4, 0.5) is 4.79 Å². The summed E-state index contributed by atoms with van der Waals surface area (Å²) in [6, 6.07) is 0.109. The van der Waals surface area contributed by atoms with Crippen molar-refractivity contribution in [3.63, 3.8) is 0 Å². The lowest BCUT2D eigenvalue weighted by Gasteiger charge is -2.33. The Morgan fingerprint density at radius 2 is 1.85 bits per heavy atom. The lowest BCUT2D eigenvalue weighted by atomic mass is 9.93. The van der Waals surface area contributed by atoms with Crippen LogP contribution in [-0.4, -0.2) is 53.9 Å². The van der Waals surface area contributed by atoms with Gasteiger partial charge in [0.25, 0.3) is 0 Å². The van der Waals surface area contributed by atoms with E-state index in [2.05, 4.69) is 22.5 Å². The Morgan fingerprint density at radius 1 is 1.15 bits per heavy atom. The highest BCUT2D eigenvalue weighted by Crippen LogP contribution is 2.18. The number of nitrogens with one attached hydrogen (secondary N) is 2. The molecule has 2 fully saturated rings. The number of carbonyl (C=O) groups excluding carboxylic acids is 1. The molecule has 1 aliphatic carbocycles. The molecular weight excluding hydrogens is 254 g/mol. The number of urea groups is 1. The molecule has 1 saturated heterocycles. The van der Waals surface area contributed by atoms with E-state index in [1.807, 2.05) is 0 Å². The third-order valence-corrected chi connectivity index (χ3v) is 4.51. The average Bonchev–Trinajstić information content (AvgIpc) is 2.44. The Kier molecular flexibility index (Phi) is 6.10. The van der Waals surface area contributed by atoms with E-state index in [0.29, 0.717) is 0 Å². The van der Waals surface area contributed by atoms with Crippen LogP contribution in [-0.2, 0) is 0 Å². The summed E-state index contributed by atoms with van der Waals surface area (Å²) in [5.74, 6) is 0. The van der Waals surface area contributed by atoms with Gasteiger partial charge in [0, 0.05) is 19.1 Å². The first kappa shape index (κ1) is 15.6. The second-order valence-corrected chi connectivity index (χ2v) is 6.19. The van der Waals surface area contributed by atoms with E-state index >= 15 is 0 Å². The maximum atomic E-state index is 12.0.